The second-order valence-corrected chi connectivity index (χ2v) is 5.69. The maximum atomic E-state index is 5.72. The highest BCUT2D eigenvalue weighted by atomic mass is 16.5. The maximum absolute atomic E-state index is 5.72. The van der Waals surface area contributed by atoms with Crippen LogP contribution in [0.15, 0.2) is 24.5 Å². The number of nitrogens with two attached hydrogens (primary N) is 1. The molecule has 4 nitrogen and oxygen atoms in total. The Balaban J connectivity index is 2.01. The van der Waals surface area contributed by atoms with Crippen molar-refractivity contribution in [2.75, 3.05) is 19.8 Å². The van der Waals surface area contributed by atoms with E-state index in [0.717, 1.165) is 31.7 Å². The first-order valence-electron chi connectivity index (χ1n) is 6.87. The number of benzene rings is 1. The van der Waals surface area contributed by atoms with Gasteiger partial charge >= 0.3 is 0 Å². The fraction of sp³-hybridized carbons (Fsp3) is 0.533. The largest absolute Gasteiger partial charge is 0.379 e. The van der Waals surface area contributed by atoms with Crippen molar-refractivity contribution < 1.29 is 4.74 Å². The van der Waals surface area contributed by atoms with E-state index in [4.69, 9.17) is 10.5 Å². The van der Waals surface area contributed by atoms with E-state index in [1.54, 1.807) is 0 Å². The molecule has 1 aromatic heterocycles. The molecule has 2 aromatic rings. The lowest BCUT2D eigenvalue weighted by Gasteiger charge is -2.46. The summed E-state index contributed by atoms with van der Waals surface area (Å²) in [5.74, 6) is 0.535. The topological polar surface area (TPSA) is 53.1 Å². The Morgan fingerprint density at radius 2 is 2.26 bits per heavy atom. The summed E-state index contributed by atoms with van der Waals surface area (Å²) < 4.78 is 7.56. The second-order valence-electron chi connectivity index (χ2n) is 5.69. The number of hydrogen-bond donors (Lipinski definition) is 1. The van der Waals surface area contributed by atoms with Gasteiger partial charge in [-0.25, -0.2) is 4.98 Å². The van der Waals surface area contributed by atoms with Crippen LogP contribution in [0.5, 0.6) is 0 Å². The number of rotatable bonds is 4. The summed E-state index contributed by atoms with van der Waals surface area (Å²) in [7, 11) is 2.02. The van der Waals surface area contributed by atoms with Gasteiger partial charge in [0.15, 0.2) is 0 Å². The molecule has 3 rings (SSSR count). The van der Waals surface area contributed by atoms with Gasteiger partial charge in [-0.15, -0.1) is 0 Å². The van der Waals surface area contributed by atoms with Crippen LogP contribution in [0.4, 0.5) is 0 Å². The van der Waals surface area contributed by atoms with Gasteiger partial charge in [0.1, 0.15) is 0 Å². The van der Waals surface area contributed by atoms with E-state index in [9.17, 15) is 0 Å². The van der Waals surface area contributed by atoms with Crippen LogP contribution in [0.2, 0.25) is 0 Å². The Bertz CT molecular complexity index is 586. The maximum Gasteiger partial charge on any atom is 0.0955 e. The van der Waals surface area contributed by atoms with Crippen molar-refractivity contribution in [1.29, 1.82) is 0 Å². The highest BCUT2D eigenvalue weighted by Crippen LogP contribution is 2.41. The molecule has 0 radical (unpaired) electrons. The lowest BCUT2D eigenvalue weighted by atomic mass is 9.68. The normalized spacial score (nSPS) is 19.3. The quantitative estimate of drug-likeness (QED) is 0.911. The molecule has 19 heavy (non-hydrogen) atoms. The third kappa shape index (κ3) is 1.86. The van der Waals surface area contributed by atoms with E-state index in [1.165, 1.54) is 11.1 Å². The Morgan fingerprint density at radius 1 is 1.47 bits per heavy atom. The predicted octanol–water partition coefficient (Wildman–Crippen LogP) is 1.83. The summed E-state index contributed by atoms with van der Waals surface area (Å²) in [6, 6.07) is 6.59. The zero-order valence-corrected chi connectivity index (χ0v) is 11.6. The molecule has 1 saturated heterocycles. The molecule has 0 bridgehead atoms. The molecular formula is C15H21N3O. The zero-order chi connectivity index (χ0) is 13.5. The highest BCUT2D eigenvalue weighted by Gasteiger charge is 2.44. The predicted molar refractivity (Wildman–Crippen MR) is 76.0 cm³/mol. The summed E-state index contributed by atoms with van der Waals surface area (Å²) in [4.78, 5) is 4.45. The summed E-state index contributed by atoms with van der Waals surface area (Å²) >= 11 is 0. The summed E-state index contributed by atoms with van der Waals surface area (Å²) in [6.45, 7) is 4.60. The average Bonchev–Trinajstić information content (AvgIpc) is 2.70. The van der Waals surface area contributed by atoms with Crippen molar-refractivity contribution in [2.45, 2.75) is 18.8 Å². The number of fused-ring (bicyclic) bond motifs is 1. The first-order valence-corrected chi connectivity index (χ1v) is 6.87. The van der Waals surface area contributed by atoms with Crippen molar-refractivity contribution in [1.82, 2.24) is 9.55 Å². The van der Waals surface area contributed by atoms with Crippen LogP contribution in [0.25, 0.3) is 11.0 Å². The first kappa shape index (κ1) is 12.6. The fourth-order valence-corrected chi connectivity index (χ4v) is 3.03. The molecule has 4 heteroatoms. The standard InChI is InChI=1S/C15H21N3O/c1-11(5-6-16)15(8-19-9-15)12-3-4-14-13(7-12)17-10-18(14)2/h3-4,7,10-11H,5-6,8-9,16H2,1-2H3. The SMILES string of the molecule is CC(CCN)C1(c2ccc3c(c2)ncn3C)COC1. The molecule has 0 aliphatic carbocycles. The van der Waals surface area contributed by atoms with Gasteiger partial charge in [-0.05, 0) is 36.6 Å². The van der Waals surface area contributed by atoms with Crippen molar-refractivity contribution in [3.63, 3.8) is 0 Å². The molecule has 1 aromatic carbocycles. The molecular weight excluding hydrogens is 238 g/mol. The van der Waals surface area contributed by atoms with Gasteiger partial charge in [0, 0.05) is 12.5 Å². The number of aryl methyl sites for hydroxylation is 1. The molecule has 2 heterocycles. The van der Waals surface area contributed by atoms with Crippen LogP contribution < -0.4 is 5.73 Å². The number of aromatic nitrogens is 2. The van der Waals surface area contributed by atoms with Crippen LogP contribution in [0.1, 0.15) is 18.9 Å². The molecule has 0 saturated carbocycles. The lowest BCUT2D eigenvalue weighted by molar-refractivity contribution is -0.0882. The van der Waals surface area contributed by atoms with Gasteiger partial charge in [-0.1, -0.05) is 13.0 Å². The molecule has 0 amide bonds. The van der Waals surface area contributed by atoms with Gasteiger partial charge in [-0.3, -0.25) is 0 Å². The van der Waals surface area contributed by atoms with Gasteiger partial charge in [-0.2, -0.15) is 0 Å². The molecule has 1 fully saturated rings. The van der Waals surface area contributed by atoms with E-state index < -0.39 is 0 Å². The van der Waals surface area contributed by atoms with Crippen molar-refractivity contribution in [2.24, 2.45) is 18.7 Å². The van der Waals surface area contributed by atoms with E-state index in [-0.39, 0.29) is 5.41 Å². The Kier molecular flexibility index (Phi) is 3.07. The number of imidazole rings is 1. The second kappa shape index (κ2) is 4.62. The lowest BCUT2D eigenvalue weighted by Crippen LogP contribution is -2.52. The number of hydrogen-bond acceptors (Lipinski definition) is 3. The van der Waals surface area contributed by atoms with Crippen LogP contribution in [0.3, 0.4) is 0 Å². The molecule has 0 spiro atoms. The van der Waals surface area contributed by atoms with E-state index in [2.05, 4.69) is 30.1 Å². The Labute approximate surface area is 113 Å². The fourth-order valence-electron chi connectivity index (χ4n) is 3.03. The molecule has 1 aliphatic rings. The molecule has 2 N–H and O–H groups in total. The van der Waals surface area contributed by atoms with E-state index in [1.807, 2.05) is 17.9 Å². The molecule has 1 aliphatic heterocycles. The Hall–Kier alpha value is -1.39. The van der Waals surface area contributed by atoms with Gasteiger partial charge < -0.3 is 15.0 Å². The number of nitrogens with zero attached hydrogens (tertiary/aromatic N) is 2. The van der Waals surface area contributed by atoms with Crippen molar-refractivity contribution in [3.8, 4) is 0 Å². The smallest absolute Gasteiger partial charge is 0.0955 e. The summed E-state index contributed by atoms with van der Waals surface area (Å²) in [5, 5.41) is 0. The van der Waals surface area contributed by atoms with Crippen molar-refractivity contribution in [3.05, 3.63) is 30.1 Å². The van der Waals surface area contributed by atoms with Crippen LogP contribution >= 0.6 is 0 Å². The van der Waals surface area contributed by atoms with E-state index in [0.29, 0.717) is 5.92 Å². The summed E-state index contributed by atoms with van der Waals surface area (Å²) in [6.07, 6.45) is 2.89. The Morgan fingerprint density at radius 3 is 2.89 bits per heavy atom. The average molecular weight is 259 g/mol. The monoisotopic (exact) mass is 259 g/mol. The molecule has 102 valence electrons. The minimum absolute atomic E-state index is 0.130. The highest BCUT2D eigenvalue weighted by molar-refractivity contribution is 5.76. The first-order chi connectivity index (χ1) is 9.17. The summed E-state index contributed by atoms with van der Waals surface area (Å²) in [5.41, 5.74) is 9.42. The minimum Gasteiger partial charge on any atom is -0.379 e. The van der Waals surface area contributed by atoms with Gasteiger partial charge in [0.2, 0.25) is 0 Å². The van der Waals surface area contributed by atoms with Crippen LogP contribution in [-0.2, 0) is 17.2 Å². The minimum atomic E-state index is 0.130. The molecule has 1 atom stereocenters. The third-order valence-corrected chi connectivity index (χ3v) is 4.56. The zero-order valence-electron chi connectivity index (χ0n) is 11.6. The van der Waals surface area contributed by atoms with Crippen LogP contribution in [-0.4, -0.2) is 29.3 Å². The molecule has 1 unspecified atom stereocenters. The van der Waals surface area contributed by atoms with E-state index >= 15 is 0 Å². The number of ether oxygens (including phenoxy) is 1. The van der Waals surface area contributed by atoms with Crippen molar-refractivity contribution >= 4 is 11.0 Å². The van der Waals surface area contributed by atoms with Crippen LogP contribution in [0, 0.1) is 5.92 Å². The van der Waals surface area contributed by atoms with Gasteiger partial charge in [0.25, 0.3) is 0 Å². The van der Waals surface area contributed by atoms with Gasteiger partial charge in [0.05, 0.1) is 30.6 Å². The third-order valence-electron chi connectivity index (χ3n) is 4.56.